The molecule has 0 aliphatic rings. The van der Waals surface area contributed by atoms with Gasteiger partial charge in [-0.15, -0.1) is 0 Å². The summed E-state index contributed by atoms with van der Waals surface area (Å²) in [5, 5.41) is 0. The first kappa shape index (κ1) is 8.38. The average molecular weight is 144 g/mol. The second-order valence-electron chi connectivity index (χ2n) is 2.57. The Labute approximate surface area is 68.6 Å². The molecule has 0 heterocycles. The van der Waals surface area contributed by atoms with E-state index in [9.17, 15) is 4.39 Å². The fourth-order valence-electron chi connectivity index (χ4n) is 0.911. The first-order valence-electron chi connectivity index (χ1n) is 3.42. The van der Waals surface area contributed by atoms with Crippen LogP contribution in [0.1, 0.15) is 18.3 Å². The highest BCUT2D eigenvalue weighted by atomic mass is 19.1. The van der Waals surface area contributed by atoms with Crippen molar-refractivity contribution in [2.75, 3.05) is 0 Å². The molecule has 0 aliphatic carbocycles. The lowest BCUT2D eigenvalue weighted by atomic mass is 9.80. The van der Waals surface area contributed by atoms with E-state index in [0.717, 1.165) is 0 Å². The fourth-order valence-corrected chi connectivity index (χ4v) is 0.911. The van der Waals surface area contributed by atoms with Gasteiger partial charge in [-0.2, -0.15) is 0 Å². The quantitative estimate of drug-likeness (QED) is 0.512. The van der Waals surface area contributed by atoms with Crippen molar-refractivity contribution in [2.45, 2.75) is 12.7 Å². The van der Waals surface area contributed by atoms with Crippen molar-refractivity contribution < 1.29 is 4.39 Å². The van der Waals surface area contributed by atoms with E-state index in [1.165, 1.54) is 12.1 Å². The zero-order chi connectivity index (χ0) is 8.43. The maximum Gasteiger partial charge on any atom is 0.125 e. The predicted octanol–water partition coefficient (Wildman–Crippen LogP) is 0.849. The Hall–Kier alpha value is -0.720. The normalized spacial score (nSPS) is 12.9. The Morgan fingerprint density at radius 3 is 2.55 bits per heavy atom. The summed E-state index contributed by atoms with van der Waals surface area (Å²) in [5.74, 6) is -0.604. The number of halogens is 1. The molecular formula is C8H7B2F. The molecule has 0 N–H and O–H groups in total. The Morgan fingerprint density at radius 1 is 1.45 bits per heavy atom. The van der Waals surface area contributed by atoms with Gasteiger partial charge < -0.3 is 0 Å². The predicted molar refractivity (Wildman–Crippen MR) is 46.0 cm³/mol. The van der Waals surface area contributed by atoms with E-state index in [1.54, 1.807) is 13.0 Å². The maximum absolute atomic E-state index is 12.9. The van der Waals surface area contributed by atoms with Gasteiger partial charge in [0.25, 0.3) is 0 Å². The molecule has 1 unspecified atom stereocenters. The molecule has 0 fully saturated rings. The van der Waals surface area contributed by atoms with Crippen LogP contribution in [0.15, 0.2) is 18.2 Å². The molecule has 0 nitrogen and oxygen atoms in total. The summed E-state index contributed by atoms with van der Waals surface area (Å²) in [6, 6.07) is 4.40. The largest absolute Gasteiger partial charge is 0.207 e. The van der Waals surface area contributed by atoms with Crippen molar-refractivity contribution in [3.8, 4) is 0 Å². The van der Waals surface area contributed by atoms with Gasteiger partial charge in [-0.3, -0.25) is 0 Å². The third kappa shape index (κ3) is 1.86. The lowest BCUT2D eigenvalue weighted by molar-refractivity contribution is 0.610. The minimum absolute atomic E-state index is 0.297. The molecule has 0 saturated carbocycles. The van der Waals surface area contributed by atoms with Crippen LogP contribution in [0.25, 0.3) is 0 Å². The number of hydrogen-bond acceptors (Lipinski definition) is 0. The van der Waals surface area contributed by atoms with Crippen LogP contribution < -0.4 is 5.46 Å². The Kier molecular flexibility index (Phi) is 2.38. The zero-order valence-electron chi connectivity index (χ0n) is 6.34. The molecule has 1 atom stereocenters. The number of benzene rings is 1. The second-order valence-corrected chi connectivity index (χ2v) is 2.57. The molecule has 3 heteroatoms. The summed E-state index contributed by atoms with van der Waals surface area (Å²) >= 11 is 0. The summed E-state index contributed by atoms with van der Waals surface area (Å²) in [6.45, 7) is 1.72. The third-order valence-corrected chi connectivity index (χ3v) is 1.51. The summed E-state index contributed by atoms with van der Waals surface area (Å²) in [5.41, 5.74) is 1.00. The first-order chi connectivity index (χ1) is 5.11. The minimum Gasteiger partial charge on any atom is -0.207 e. The van der Waals surface area contributed by atoms with Crippen LogP contribution in [0.4, 0.5) is 4.39 Å². The first-order valence-corrected chi connectivity index (χ1v) is 3.42. The van der Waals surface area contributed by atoms with Crippen LogP contribution in [0.2, 0.25) is 0 Å². The molecule has 11 heavy (non-hydrogen) atoms. The highest BCUT2D eigenvalue weighted by Crippen LogP contribution is 2.13. The van der Waals surface area contributed by atoms with E-state index in [4.69, 9.17) is 15.7 Å². The molecule has 52 valence electrons. The summed E-state index contributed by atoms with van der Waals surface area (Å²) < 4.78 is 12.9. The van der Waals surface area contributed by atoms with E-state index in [0.29, 0.717) is 11.0 Å². The Morgan fingerprint density at radius 2 is 2.09 bits per heavy atom. The lowest BCUT2D eigenvalue weighted by Gasteiger charge is -2.07. The van der Waals surface area contributed by atoms with Crippen LogP contribution in [-0.2, 0) is 0 Å². The van der Waals surface area contributed by atoms with Crippen molar-refractivity contribution in [2.24, 2.45) is 0 Å². The van der Waals surface area contributed by atoms with Gasteiger partial charge in [-0.05, 0) is 11.6 Å². The van der Waals surface area contributed by atoms with E-state index in [-0.39, 0.29) is 11.6 Å². The molecule has 0 spiro atoms. The van der Waals surface area contributed by atoms with Crippen LogP contribution in [-0.4, -0.2) is 15.7 Å². The van der Waals surface area contributed by atoms with E-state index in [1.807, 2.05) is 0 Å². The minimum atomic E-state index is -0.307. The molecule has 1 aromatic rings. The van der Waals surface area contributed by atoms with Gasteiger partial charge in [0.05, 0.1) is 7.85 Å². The topological polar surface area (TPSA) is 0 Å². The monoisotopic (exact) mass is 144 g/mol. The molecule has 0 aromatic heterocycles. The summed E-state index contributed by atoms with van der Waals surface area (Å²) in [6.07, 6.45) is 0. The molecular weight excluding hydrogens is 137 g/mol. The lowest BCUT2D eigenvalue weighted by Crippen LogP contribution is -2.07. The number of rotatable bonds is 1. The summed E-state index contributed by atoms with van der Waals surface area (Å²) in [7, 11) is 10.9. The molecule has 0 bridgehead atoms. The summed E-state index contributed by atoms with van der Waals surface area (Å²) in [4.78, 5) is 0. The Balaban J connectivity index is 3.13. The van der Waals surface area contributed by atoms with E-state index in [2.05, 4.69) is 0 Å². The third-order valence-electron chi connectivity index (χ3n) is 1.51. The van der Waals surface area contributed by atoms with Crippen molar-refractivity contribution >= 4 is 21.2 Å². The van der Waals surface area contributed by atoms with E-state index < -0.39 is 0 Å². The molecule has 1 rings (SSSR count). The van der Waals surface area contributed by atoms with Gasteiger partial charge in [0, 0.05) is 0 Å². The zero-order valence-corrected chi connectivity index (χ0v) is 6.34. The van der Waals surface area contributed by atoms with Crippen molar-refractivity contribution in [3.05, 3.63) is 29.6 Å². The van der Waals surface area contributed by atoms with Gasteiger partial charge in [0.2, 0.25) is 0 Å². The van der Waals surface area contributed by atoms with Crippen LogP contribution in [0.3, 0.4) is 0 Å². The Bertz CT molecular complexity index is 258. The standard InChI is InChI=1S/C8H7B2F/c1-5(9)7-4-6(10)2-3-8(7)11/h2-5H,1H3. The smallest absolute Gasteiger partial charge is 0.125 e. The fraction of sp³-hybridized carbons (Fsp3) is 0.250. The molecule has 0 aliphatic heterocycles. The molecule has 0 amide bonds. The second kappa shape index (κ2) is 3.12. The van der Waals surface area contributed by atoms with Crippen LogP contribution in [0, 0.1) is 5.82 Å². The maximum atomic E-state index is 12.9. The molecule has 4 radical (unpaired) electrons. The molecule has 1 aromatic carbocycles. The van der Waals surface area contributed by atoms with Gasteiger partial charge in [-0.25, -0.2) is 4.39 Å². The highest BCUT2D eigenvalue weighted by molar-refractivity contribution is 6.32. The number of hydrogen-bond donors (Lipinski definition) is 0. The van der Waals surface area contributed by atoms with Gasteiger partial charge >= 0.3 is 0 Å². The molecule has 0 saturated heterocycles. The van der Waals surface area contributed by atoms with Crippen molar-refractivity contribution in [1.29, 1.82) is 0 Å². The van der Waals surface area contributed by atoms with Crippen molar-refractivity contribution in [1.82, 2.24) is 0 Å². The van der Waals surface area contributed by atoms with Gasteiger partial charge in [0.15, 0.2) is 0 Å². The highest BCUT2D eigenvalue weighted by Gasteiger charge is 2.04. The van der Waals surface area contributed by atoms with Gasteiger partial charge in [-0.1, -0.05) is 30.3 Å². The van der Waals surface area contributed by atoms with Crippen LogP contribution >= 0.6 is 0 Å². The van der Waals surface area contributed by atoms with E-state index >= 15 is 0 Å². The van der Waals surface area contributed by atoms with Gasteiger partial charge in [0.1, 0.15) is 13.7 Å². The van der Waals surface area contributed by atoms with Crippen molar-refractivity contribution in [3.63, 3.8) is 0 Å². The van der Waals surface area contributed by atoms with Crippen LogP contribution in [0.5, 0.6) is 0 Å². The SMILES string of the molecule is [B]c1ccc(F)c(C([B])C)c1. The average Bonchev–Trinajstić information content (AvgIpc) is 1.94.